The molecule has 0 radical (unpaired) electrons. The van der Waals surface area contributed by atoms with E-state index in [1.165, 1.54) is 23.1 Å². The minimum Gasteiger partial charge on any atom is -0.352 e. The quantitative estimate of drug-likeness (QED) is 0.323. The maximum absolute atomic E-state index is 13.6. The van der Waals surface area contributed by atoms with Crippen LogP contribution in [0, 0.1) is 10.1 Å². The van der Waals surface area contributed by atoms with Gasteiger partial charge in [-0.05, 0) is 37.5 Å². The highest BCUT2D eigenvalue weighted by atomic mass is 35.5. The molecule has 0 aliphatic carbocycles. The Balaban J connectivity index is 2.49. The van der Waals surface area contributed by atoms with Gasteiger partial charge in [0.25, 0.3) is 5.69 Å². The molecule has 2 rings (SSSR count). The summed E-state index contributed by atoms with van der Waals surface area (Å²) in [5.41, 5.74) is 0.235. The van der Waals surface area contributed by atoms with Gasteiger partial charge in [-0.1, -0.05) is 49.7 Å². The number of amides is 2. The monoisotopic (exact) mass is 538 g/mol. The van der Waals surface area contributed by atoms with Crippen LogP contribution in [0.1, 0.15) is 39.2 Å². The highest BCUT2D eigenvalue weighted by Crippen LogP contribution is 2.25. The summed E-state index contributed by atoms with van der Waals surface area (Å²) in [6.45, 7) is 4.83. The van der Waals surface area contributed by atoms with Gasteiger partial charge < -0.3 is 10.2 Å². The molecule has 0 saturated heterocycles. The Hall–Kier alpha value is -3.18. The van der Waals surface area contributed by atoms with Crippen molar-refractivity contribution in [1.82, 2.24) is 10.2 Å². The Bertz CT molecular complexity index is 1210. The average Bonchev–Trinajstić information content (AvgIpc) is 2.82. The predicted octanol–water partition coefficient (Wildman–Crippen LogP) is 3.74. The zero-order valence-corrected chi connectivity index (χ0v) is 22.3. The molecule has 0 aliphatic rings. The molecular weight excluding hydrogens is 508 g/mol. The van der Waals surface area contributed by atoms with E-state index >= 15 is 0 Å². The number of carbonyl (C=O) groups is 2. The van der Waals surface area contributed by atoms with Gasteiger partial charge >= 0.3 is 0 Å². The minimum absolute atomic E-state index is 0.0303. The Morgan fingerprint density at radius 2 is 1.78 bits per heavy atom. The fourth-order valence-corrected chi connectivity index (χ4v) is 4.58. The molecule has 1 N–H and O–H groups in total. The topological polar surface area (TPSA) is 130 Å². The van der Waals surface area contributed by atoms with Crippen molar-refractivity contribution in [2.45, 2.75) is 52.2 Å². The molecule has 2 aromatic carbocycles. The molecule has 12 heteroatoms. The van der Waals surface area contributed by atoms with Gasteiger partial charge in [-0.25, -0.2) is 8.42 Å². The number of non-ortho nitro benzene ring substituents is 1. The van der Waals surface area contributed by atoms with E-state index in [1.54, 1.807) is 31.2 Å². The van der Waals surface area contributed by atoms with Gasteiger partial charge in [0, 0.05) is 29.7 Å². The number of nitrogens with zero attached hydrogens (tertiary/aromatic N) is 3. The molecule has 0 aromatic heterocycles. The predicted molar refractivity (Wildman–Crippen MR) is 139 cm³/mol. The number of benzene rings is 2. The van der Waals surface area contributed by atoms with Gasteiger partial charge in [0.2, 0.25) is 21.8 Å². The first-order valence-corrected chi connectivity index (χ1v) is 13.7. The molecule has 0 aliphatic heterocycles. The van der Waals surface area contributed by atoms with E-state index in [0.29, 0.717) is 17.0 Å². The first-order chi connectivity index (χ1) is 16.9. The summed E-state index contributed by atoms with van der Waals surface area (Å²) < 4.78 is 26.0. The molecule has 2 amide bonds. The second kappa shape index (κ2) is 12.7. The van der Waals surface area contributed by atoms with E-state index in [0.717, 1.165) is 16.6 Å². The molecule has 2 aromatic rings. The highest BCUT2D eigenvalue weighted by molar-refractivity contribution is 7.92. The number of hydrogen-bond acceptors (Lipinski definition) is 6. The van der Waals surface area contributed by atoms with E-state index in [9.17, 15) is 28.1 Å². The lowest BCUT2D eigenvalue weighted by Gasteiger charge is -2.33. The van der Waals surface area contributed by atoms with Crippen LogP contribution in [-0.4, -0.2) is 54.9 Å². The van der Waals surface area contributed by atoms with Crippen LogP contribution in [0.4, 0.5) is 11.4 Å². The van der Waals surface area contributed by atoms with Crippen molar-refractivity contribution in [1.29, 1.82) is 0 Å². The van der Waals surface area contributed by atoms with Crippen molar-refractivity contribution >= 4 is 44.8 Å². The third-order valence-electron chi connectivity index (χ3n) is 5.69. The fourth-order valence-electron chi connectivity index (χ4n) is 3.55. The van der Waals surface area contributed by atoms with Gasteiger partial charge in [0.15, 0.2) is 0 Å². The molecule has 0 fully saturated rings. The second-order valence-electron chi connectivity index (χ2n) is 8.40. The first kappa shape index (κ1) is 29.1. The summed E-state index contributed by atoms with van der Waals surface area (Å²) >= 11 is 6.32. The molecule has 10 nitrogen and oxygen atoms in total. The van der Waals surface area contributed by atoms with Crippen molar-refractivity contribution in [3.05, 3.63) is 69.2 Å². The Kier molecular flexibility index (Phi) is 10.2. The van der Waals surface area contributed by atoms with E-state index in [4.69, 9.17) is 11.6 Å². The molecular formula is C24H31ClN4O6S. The van der Waals surface area contributed by atoms with Crippen LogP contribution in [0.3, 0.4) is 0 Å². The summed E-state index contributed by atoms with van der Waals surface area (Å²) in [4.78, 5) is 38.6. The van der Waals surface area contributed by atoms with Gasteiger partial charge in [-0.3, -0.25) is 24.0 Å². The zero-order chi connectivity index (χ0) is 27.0. The summed E-state index contributed by atoms with van der Waals surface area (Å²) in [5, 5.41) is 14.5. The lowest BCUT2D eigenvalue weighted by atomic mass is 10.1. The first-order valence-electron chi connectivity index (χ1n) is 11.4. The summed E-state index contributed by atoms with van der Waals surface area (Å²) in [6, 6.07) is 10.9. The SMILES string of the molecule is CCC(C)NC(=O)C(CC)N(Cc1ccccc1Cl)C(=O)CN(c1cccc([N+](=O)[O-])c1)S(C)(=O)=O. The van der Waals surface area contributed by atoms with Crippen molar-refractivity contribution < 1.29 is 22.9 Å². The van der Waals surface area contributed by atoms with E-state index < -0.39 is 33.4 Å². The van der Waals surface area contributed by atoms with E-state index in [-0.39, 0.29) is 36.3 Å². The second-order valence-corrected chi connectivity index (χ2v) is 10.7. The molecule has 0 heterocycles. The number of halogens is 1. The van der Waals surface area contributed by atoms with Crippen LogP contribution in [0.25, 0.3) is 0 Å². The van der Waals surface area contributed by atoms with Crippen molar-refractivity contribution in [3.8, 4) is 0 Å². The number of nitro groups is 1. The molecule has 2 atom stereocenters. The maximum atomic E-state index is 13.6. The Morgan fingerprint density at radius 3 is 2.33 bits per heavy atom. The fraction of sp³-hybridized carbons (Fsp3) is 0.417. The van der Waals surface area contributed by atoms with Crippen LogP contribution in [0.2, 0.25) is 5.02 Å². The third kappa shape index (κ3) is 7.66. The lowest BCUT2D eigenvalue weighted by molar-refractivity contribution is -0.384. The standard InChI is InChI=1S/C24H31ClN4O6S/c1-5-17(3)26-24(31)22(6-2)27(15-18-10-7-8-13-21(18)25)23(30)16-28(36(4,34)35)19-11-9-12-20(14-19)29(32)33/h7-14,17,22H,5-6,15-16H2,1-4H3,(H,26,31). The number of sulfonamides is 1. The van der Waals surface area contributed by atoms with Crippen LogP contribution in [-0.2, 0) is 26.2 Å². The summed E-state index contributed by atoms with van der Waals surface area (Å²) in [6.07, 6.45) is 1.87. The number of carbonyl (C=O) groups excluding carboxylic acids is 2. The van der Waals surface area contributed by atoms with Crippen LogP contribution in [0.15, 0.2) is 48.5 Å². The number of nitrogens with one attached hydrogen (secondary N) is 1. The van der Waals surface area contributed by atoms with Gasteiger partial charge in [-0.15, -0.1) is 0 Å². The Labute approximate surface area is 216 Å². The zero-order valence-electron chi connectivity index (χ0n) is 20.7. The average molecular weight is 539 g/mol. The molecule has 0 saturated carbocycles. The minimum atomic E-state index is -4.01. The summed E-state index contributed by atoms with van der Waals surface area (Å²) in [5.74, 6) is -1.02. The number of rotatable bonds is 12. The van der Waals surface area contributed by atoms with E-state index in [2.05, 4.69) is 5.32 Å². The van der Waals surface area contributed by atoms with Gasteiger partial charge in [0.05, 0.1) is 16.9 Å². The van der Waals surface area contributed by atoms with Crippen molar-refractivity contribution in [3.63, 3.8) is 0 Å². The Morgan fingerprint density at radius 1 is 1.11 bits per heavy atom. The highest BCUT2D eigenvalue weighted by Gasteiger charge is 2.32. The number of anilines is 1. The molecule has 2 unspecified atom stereocenters. The molecule has 36 heavy (non-hydrogen) atoms. The smallest absolute Gasteiger partial charge is 0.271 e. The van der Waals surface area contributed by atoms with Gasteiger partial charge in [0.1, 0.15) is 12.6 Å². The van der Waals surface area contributed by atoms with Crippen LogP contribution in [0.5, 0.6) is 0 Å². The molecule has 196 valence electrons. The largest absolute Gasteiger partial charge is 0.352 e. The molecule has 0 spiro atoms. The number of hydrogen-bond donors (Lipinski definition) is 1. The third-order valence-corrected chi connectivity index (χ3v) is 7.20. The number of nitro benzene ring substituents is 1. The van der Waals surface area contributed by atoms with E-state index in [1.807, 2.05) is 13.8 Å². The maximum Gasteiger partial charge on any atom is 0.271 e. The molecule has 0 bridgehead atoms. The van der Waals surface area contributed by atoms with Crippen molar-refractivity contribution in [2.24, 2.45) is 0 Å². The summed E-state index contributed by atoms with van der Waals surface area (Å²) in [7, 11) is -4.01. The normalized spacial score (nSPS) is 12.9. The van der Waals surface area contributed by atoms with Gasteiger partial charge in [-0.2, -0.15) is 0 Å². The van der Waals surface area contributed by atoms with Crippen LogP contribution >= 0.6 is 11.6 Å². The lowest BCUT2D eigenvalue weighted by Crippen LogP contribution is -2.53. The van der Waals surface area contributed by atoms with Crippen LogP contribution < -0.4 is 9.62 Å². The van der Waals surface area contributed by atoms with Crippen molar-refractivity contribution in [2.75, 3.05) is 17.1 Å².